The standard InChI is InChI=1S/C26H26N2O3/c1-18(29)17-28-25(20-12-8-5-9-13-20)24(19-10-6-4-7-11-19)27-26(28)21-14-15-22(30-2)23(16-21)31-3/h4-16,18,29H,17H2,1-3H3. The quantitative estimate of drug-likeness (QED) is 0.447. The van der Waals surface area contributed by atoms with E-state index in [1.54, 1.807) is 21.1 Å². The first-order valence-corrected chi connectivity index (χ1v) is 10.2. The Hall–Kier alpha value is -3.57. The highest BCUT2D eigenvalue weighted by Crippen LogP contribution is 2.38. The first-order chi connectivity index (χ1) is 15.1. The zero-order chi connectivity index (χ0) is 21.8. The van der Waals surface area contributed by atoms with Crippen LogP contribution in [0.15, 0.2) is 78.9 Å². The lowest BCUT2D eigenvalue weighted by molar-refractivity contribution is 0.174. The molecule has 4 aromatic rings. The van der Waals surface area contributed by atoms with Crippen molar-refractivity contribution in [3.8, 4) is 45.4 Å². The SMILES string of the molecule is COc1ccc(-c2nc(-c3ccccc3)c(-c3ccccc3)n2CC(C)O)cc1OC. The number of methoxy groups -OCH3 is 2. The third-order valence-electron chi connectivity index (χ3n) is 5.15. The molecule has 0 aliphatic heterocycles. The molecule has 1 heterocycles. The van der Waals surface area contributed by atoms with Crippen LogP contribution >= 0.6 is 0 Å². The third-order valence-corrected chi connectivity index (χ3v) is 5.15. The molecule has 0 saturated heterocycles. The molecule has 1 N–H and O–H groups in total. The second-order valence-electron chi connectivity index (χ2n) is 7.39. The highest BCUT2D eigenvalue weighted by molar-refractivity contribution is 5.82. The Morgan fingerprint density at radius 1 is 0.806 bits per heavy atom. The minimum Gasteiger partial charge on any atom is -0.493 e. The maximum Gasteiger partial charge on any atom is 0.161 e. The fraction of sp³-hybridized carbons (Fsp3) is 0.192. The molecule has 1 unspecified atom stereocenters. The molecule has 0 bridgehead atoms. The van der Waals surface area contributed by atoms with Crippen LogP contribution in [0.25, 0.3) is 33.9 Å². The van der Waals surface area contributed by atoms with E-state index in [0.29, 0.717) is 18.0 Å². The average molecular weight is 415 g/mol. The maximum absolute atomic E-state index is 10.3. The normalized spacial score (nSPS) is 11.9. The Morgan fingerprint density at radius 2 is 1.42 bits per heavy atom. The summed E-state index contributed by atoms with van der Waals surface area (Å²) in [5.74, 6) is 2.06. The Morgan fingerprint density at radius 3 is 2.00 bits per heavy atom. The fourth-order valence-electron chi connectivity index (χ4n) is 3.78. The van der Waals surface area contributed by atoms with Crippen LogP contribution in [0.2, 0.25) is 0 Å². The first kappa shape index (κ1) is 20.7. The van der Waals surface area contributed by atoms with Gasteiger partial charge in [-0.05, 0) is 25.1 Å². The number of aliphatic hydroxyl groups excluding tert-OH is 1. The molecular formula is C26H26N2O3. The van der Waals surface area contributed by atoms with Crippen molar-refractivity contribution in [2.24, 2.45) is 0 Å². The predicted octanol–water partition coefficient (Wildman–Crippen LogP) is 5.28. The summed E-state index contributed by atoms with van der Waals surface area (Å²) in [6, 6.07) is 26.0. The van der Waals surface area contributed by atoms with Gasteiger partial charge in [0.1, 0.15) is 5.82 Å². The van der Waals surface area contributed by atoms with Crippen molar-refractivity contribution in [3.05, 3.63) is 78.9 Å². The molecule has 0 aliphatic carbocycles. The van der Waals surface area contributed by atoms with Gasteiger partial charge < -0.3 is 19.1 Å². The number of hydrogen-bond acceptors (Lipinski definition) is 4. The summed E-state index contributed by atoms with van der Waals surface area (Å²) in [4.78, 5) is 5.07. The van der Waals surface area contributed by atoms with Gasteiger partial charge in [0.05, 0.1) is 38.3 Å². The number of hydrogen-bond donors (Lipinski definition) is 1. The second kappa shape index (κ2) is 9.06. The Labute approximate surface area is 182 Å². The van der Waals surface area contributed by atoms with Crippen molar-refractivity contribution in [3.63, 3.8) is 0 Å². The highest BCUT2D eigenvalue weighted by atomic mass is 16.5. The lowest BCUT2D eigenvalue weighted by Gasteiger charge is -2.16. The highest BCUT2D eigenvalue weighted by Gasteiger charge is 2.22. The number of rotatable bonds is 7. The van der Waals surface area contributed by atoms with Crippen LogP contribution in [0, 0.1) is 0 Å². The van der Waals surface area contributed by atoms with Gasteiger partial charge in [0.2, 0.25) is 0 Å². The van der Waals surface area contributed by atoms with Crippen molar-refractivity contribution < 1.29 is 14.6 Å². The number of benzene rings is 3. The van der Waals surface area contributed by atoms with Gasteiger partial charge in [0.15, 0.2) is 11.5 Å². The monoisotopic (exact) mass is 414 g/mol. The van der Waals surface area contributed by atoms with Gasteiger partial charge in [0.25, 0.3) is 0 Å². The third kappa shape index (κ3) is 4.18. The van der Waals surface area contributed by atoms with Crippen LogP contribution in [0.3, 0.4) is 0 Å². The zero-order valence-electron chi connectivity index (χ0n) is 17.9. The molecule has 5 nitrogen and oxygen atoms in total. The lowest BCUT2D eigenvalue weighted by atomic mass is 10.0. The summed E-state index contributed by atoms with van der Waals surface area (Å²) in [5, 5.41) is 10.3. The van der Waals surface area contributed by atoms with Crippen LogP contribution in [0.5, 0.6) is 11.5 Å². The van der Waals surface area contributed by atoms with E-state index in [1.165, 1.54) is 0 Å². The van der Waals surface area contributed by atoms with Crippen LogP contribution in [-0.2, 0) is 6.54 Å². The molecular weight excluding hydrogens is 388 g/mol. The lowest BCUT2D eigenvalue weighted by Crippen LogP contribution is -2.14. The van der Waals surface area contributed by atoms with Crippen LogP contribution in [-0.4, -0.2) is 35.0 Å². The van der Waals surface area contributed by atoms with E-state index in [2.05, 4.69) is 28.8 Å². The summed E-state index contributed by atoms with van der Waals surface area (Å²) in [6.45, 7) is 2.20. The maximum atomic E-state index is 10.3. The summed E-state index contributed by atoms with van der Waals surface area (Å²) in [5.41, 5.74) is 4.79. The fourth-order valence-corrected chi connectivity index (χ4v) is 3.78. The zero-order valence-corrected chi connectivity index (χ0v) is 17.9. The Kier molecular flexibility index (Phi) is 6.05. The van der Waals surface area contributed by atoms with Gasteiger partial charge in [0, 0.05) is 16.7 Å². The van der Waals surface area contributed by atoms with Gasteiger partial charge in [-0.1, -0.05) is 60.7 Å². The molecule has 3 aromatic carbocycles. The van der Waals surface area contributed by atoms with E-state index in [-0.39, 0.29) is 0 Å². The first-order valence-electron chi connectivity index (χ1n) is 10.2. The second-order valence-corrected chi connectivity index (χ2v) is 7.39. The van der Waals surface area contributed by atoms with Gasteiger partial charge in [-0.2, -0.15) is 0 Å². The minimum absolute atomic E-state index is 0.410. The van der Waals surface area contributed by atoms with E-state index in [1.807, 2.05) is 54.6 Å². The Bertz CT molecular complexity index is 1150. The number of ether oxygens (including phenoxy) is 2. The summed E-state index contributed by atoms with van der Waals surface area (Å²) >= 11 is 0. The van der Waals surface area contributed by atoms with Crippen LogP contribution in [0.1, 0.15) is 6.92 Å². The van der Waals surface area contributed by atoms with Crippen LogP contribution in [0.4, 0.5) is 0 Å². The van der Waals surface area contributed by atoms with Crippen molar-refractivity contribution in [1.29, 1.82) is 0 Å². The molecule has 1 aromatic heterocycles. The largest absolute Gasteiger partial charge is 0.493 e. The topological polar surface area (TPSA) is 56.5 Å². The predicted molar refractivity (Wildman–Crippen MR) is 123 cm³/mol. The van der Waals surface area contributed by atoms with E-state index < -0.39 is 6.10 Å². The molecule has 0 fully saturated rings. The van der Waals surface area contributed by atoms with Crippen molar-refractivity contribution in [1.82, 2.24) is 9.55 Å². The molecule has 158 valence electrons. The molecule has 31 heavy (non-hydrogen) atoms. The smallest absolute Gasteiger partial charge is 0.161 e. The number of nitrogens with zero attached hydrogens (tertiary/aromatic N) is 2. The molecule has 4 rings (SSSR count). The van der Waals surface area contributed by atoms with Gasteiger partial charge in [-0.25, -0.2) is 4.98 Å². The molecule has 0 amide bonds. The summed E-state index contributed by atoms with van der Waals surface area (Å²) in [6.07, 6.45) is -0.542. The average Bonchev–Trinajstić information content (AvgIpc) is 3.18. The van der Waals surface area contributed by atoms with E-state index in [0.717, 1.165) is 33.9 Å². The van der Waals surface area contributed by atoms with Crippen molar-refractivity contribution >= 4 is 0 Å². The molecule has 0 aliphatic rings. The molecule has 0 radical (unpaired) electrons. The summed E-state index contributed by atoms with van der Waals surface area (Å²) < 4.78 is 13.0. The number of aliphatic hydroxyl groups is 1. The summed E-state index contributed by atoms with van der Waals surface area (Å²) in [7, 11) is 3.24. The number of imidazole rings is 1. The Balaban J connectivity index is 2.01. The molecule has 0 spiro atoms. The molecule has 1 atom stereocenters. The minimum atomic E-state index is -0.542. The van der Waals surface area contributed by atoms with Gasteiger partial charge in [-0.15, -0.1) is 0 Å². The van der Waals surface area contributed by atoms with E-state index in [9.17, 15) is 5.11 Å². The molecule has 0 saturated carbocycles. The van der Waals surface area contributed by atoms with E-state index in [4.69, 9.17) is 14.5 Å². The number of aromatic nitrogens is 2. The van der Waals surface area contributed by atoms with Gasteiger partial charge >= 0.3 is 0 Å². The van der Waals surface area contributed by atoms with Gasteiger partial charge in [-0.3, -0.25) is 0 Å². The van der Waals surface area contributed by atoms with Crippen molar-refractivity contribution in [2.75, 3.05) is 14.2 Å². The van der Waals surface area contributed by atoms with Crippen LogP contribution < -0.4 is 9.47 Å². The van der Waals surface area contributed by atoms with E-state index >= 15 is 0 Å². The molecule has 5 heteroatoms. The van der Waals surface area contributed by atoms with Crippen molar-refractivity contribution in [2.45, 2.75) is 19.6 Å².